The molecule has 20 heavy (non-hydrogen) atoms. The standard InChI is InChI=1S/C13H16ClNO4S/c14-11-3-1-10(2-4-11)13-15(5-7-19-8-6-16)12(17)9-20(13)18/h1-4,9,13,16-17H,5-8H2/p-1. The van der Waals surface area contributed by atoms with Crippen LogP contribution in [0.1, 0.15) is 10.9 Å². The molecule has 1 aliphatic heterocycles. The Morgan fingerprint density at radius 1 is 1.35 bits per heavy atom. The average molecular weight is 317 g/mol. The summed E-state index contributed by atoms with van der Waals surface area (Å²) in [5.41, 5.74) is 0.775. The molecular weight excluding hydrogens is 302 g/mol. The lowest BCUT2D eigenvalue weighted by molar-refractivity contribution is -0.332. The molecule has 0 saturated heterocycles. The van der Waals surface area contributed by atoms with Gasteiger partial charge in [-0.3, -0.25) is 4.21 Å². The van der Waals surface area contributed by atoms with Crippen LogP contribution in [-0.2, 0) is 15.5 Å². The Labute approximate surface area is 124 Å². The van der Waals surface area contributed by atoms with Gasteiger partial charge in [-0.05, 0) is 23.6 Å². The third kappa shape index (κ3) is 3.52. The largest absolute Gasteiger partial charge is 0.860 e. The van der Waals surface area contributed by atoms with Gasteiger partial charge < -0.3 is 19.8 Å². The summed E-state index contributed by atoms with van der Waals surface area (Å²) in [6, 6.07) is 6.94. The second-order valence-corrected chi connectivity index (χ2v) is 5.99. The van der Waals surface area contributed by atoms with Crippen LogP contribution in [0.2, 0.25) is 5.02 Å². The van der Waals surface area contributed by atoms with Gasteiger partial charge in [0.1, 0.15) is 5.37 Å². The van der Waals surface area contributed by atoms with Crippen molar-refractivity contribution >= 4 is 22.4 Å². The van der Waals surface area contributed by atoms with Crippen LogP contribution >= 0.6 is 11.6 Å². The van der Waals surface area contributed by atoms with Crippen molar-refractivity contribution in [3.63, 3.8) is 0 Å². The highest BCUT2D eigenvalue weighted by atomic mass is 35.5. The van der Waals surface area contributed by atoms with Gasteiger partial charge in [0, 0.05) is 17.0 Å². The lowest BCUT2D eigenvalue weighted by Crippen LogP contribution is -2.33. The predicted molar refractivity (Wildman–Crippen MR) is 75.0 cm³/mol. The van der Waals surface area contributed by atoms with E-state index < -0.39 is 16.2 Å². The van der Waals surface area contributed by atoms with E-state index in [0.717, 1.165) is 5.56 Å². The summed E-state index contributed by atoms with van der Waals surface area (Å²) in [7, 11) is -1.38. The van der Waals surface area contributed by atoms with Gasteiger partial charge in [-0.2, -0.15) is 0 Å². The fourth-order valence-corrected chi connectivity index (χ4v) is 3.45. The van der Waals surface area contributed by atoms with Gasteiger partial charge in [0.2, 0.25) is 0 Å². The Kier molecular flexibility index (Phi) is 5.42. The molecule has 0 fully saturated rings. The molecule has 2 unspecified atom stereocenters. The van der Waals surface area contributed by atoms with Crippen LogP contribution in [0.25, 0.3) is 0 Å². The van der Waals surface area contributed by atoms with Crippen LogP contribution in [0, 0.1) is 0 Å². The normalized spacial score (nSPS) is 22.1. The van der Waals surface area contributed by atoms with E-state index in [-0.39, 0.29) is 19.1 Å². The maximum absolute atomic E-state index is 12.0. The zero-order chi connectivity index (χ0) is 14.5. The molecule has 1 heterocycles. The molecule has 0 radical (unpaired) electrons. The number of halogens is 1. The molecule has 110 valence electrons. The van der Waals surface area contributed by atoms with E-state index in [0.29, 0.717) is 18.2 Å². The van der Waals surface area contributed by atoms with Gasteiger partial charge in [-0.1, -0.05) is 23.7 Å². The molecule has 2 atom stereocenters. The Hall–Kier alpha value is -1.08. The third-order valence-electron chi connectivity index (χ3n) is 2.87. The van der Waals surface area contributed by atoms with Gasteiger partial charge in [0.15, 0.2) is 0 Å². The Balaban J connectivity index is 2.09. The maximum Gasteiger partial charge on any atom is 0.134 e. The number of nitrogens with zero attached hydrogens (tertiary/aromatic N) is 1. The zero-order valence-corrected chi connectivity index (χ0v) is 12.3. The minimum atomic E-state index is -1.38. The number of hydrogen-bond donors (Lipinski definition) is 1. The molecule has 1 aromatic rings. The highest BCUT2D eigenvalue weighted by Gasteiger charge is 2.29. The molecule has 0 amide bonds. The zero-order valence-electron chi connectivity index (χ0n) is 10.7. The van der Waals surface area contributed by atoms with Crippen molar-refractivity contribution in [3.8, 4) is 0 Å². The Bertz CT molecular complexity index is 506. The maximum atomic E-state index is 12.0. The van der Waals surface area contributed by atoms with Crippen molar-refractivity contribution in [2.45, 2.75) is 5.37 Å². The lowest BCUT2D eigenvalue weighted by Gasteiger charge is -2.31. The SMILES string of the molecule is O=S1C=C([O-])N(CCOCCO)C1c1ccc(Cl)cc1. The number of rotatable bonds is 6. The quantitative estimate of drug-likeness (QED) is 0.777. The van der Waals surface area contributed by atoms with Crippen molar-refractivity contribution in [2.75, 3.05) is 26.4 Å². The van der Waals surface area contributed by atoms with Gasteiger partial charge in [-0.25, -0.2) is 0 Å². The molecule has 2 rings (SSSR count). The van der Waals surface area contributed by atoms with E-state index in [1.165, 1.54) is 10.3 Å². The molecule has 0 bridgehead atoms. The van der Waals surface area contributed by atoms with E-state index in [2.05, 4.69) is 0 Å². The molecule has 0 spiro atoms. The van der Waals surface area contributed by atoms with Gasteiger partial charge in [0.05, 0.1) is 30.6 Å². The summed E-state index contributed by atoms with van der Waals surface area (Å²) in [5, 5.41) is 21.8. The molecule has 0 aliphatic carbocycles. The summed E-state index contributed by atoms with van der Waals surface area (Å²) in [5.74, 6) is -0.268. The van der Waals surface area contributed by atoms with Crippen LogP contribution in [0.15, 0.2) is 35.6 Å². The van der Waals surface area contributed by atoms with Crippen LogP contribution in [-0.4, -0.2) is 40.6 Å². The summed E-state index contributed by atoms with van der Waals surface area (Å²) in [6.45, 7) is 0.781. The topological polar surface area (TPSA) is 72.8 Å². The molecule has 1 N–H and O–H groups in total. The molecule has 1 aromatic carbocycles. The van der Waals surface area contributed by atoms with E-state index in [9.17, 15) is 9.32 Å². The van der Waals surface area contributed by atoms with Crippen molar-refractivity contribution in [1.29, 1.82) is 0 Å². The van der Waals surface area contributed by atoms with Crippen LogP contribution in [0.4, 0.5) is 0 Å². The first kappa shape index (κ1) is 15.3. The van der Waals surface area contributed by atoms with Crippen LogP contribution in [0.5, 0.6) is 0 Å². The average Bonchev–Trinajstić information content (AvgIpc) is 2.70. The first-order valence-electron chi connectivity index (χ1n) is 6.12. The number of aliphatic hydroxyl groups excluding tert-OH is 1. The molecular formula is C13H15ClNO4S-. The van der Waals surface area contributed by atoms with Crippen molar-refractivity contribution in [1.82, 2.24) is 4.90 Å². The number of benzene rings is 1. The van der Waals surface area contributed by atoms with Gasteiger partial charge in [0.25, 0.3) is 0 Å². The minimum absolute atomic E-state index is 0.0629. The van der Waals surface area contributed by atoms with Gasteiger partial charge >= 0.3 is 0 Å². The fraction of sp³-hybridized carbons (Fsp3) is 0.385. The lowest BCUT2D eigenvalue weighted by atomic mass is 10.2. The summed E-state index contributed by atoms with van der Waals surface area (Å²) >= 11 is 5.83. The fourth-order valence-electron chi connectivity index (χ4n) is 1.97. The monoisotopic (exact) mass is 316 g/mol. The van der Waals surface area contributed by atoms with E-state index in [1.54, 1.807) is 24.3 Å². The molecule has 7 heteroatoms. The Morgan fingerprint density at radius 2 is 2.05 bits per heavy atom. The molecule has 5 nitrogen and oxygen atoms in total. The van der Waals surface area contributed by atoms with E-state index >= 15 is 0 Å². The third-order valence-corrected chi connectivity index (χ3v) is 4.52. The number of ether oxygens (including phenoxy) is 1. The van der Waals surface area contributed by atoms with E-state index in [1.807, 2.05) is 0 Å². The molecule has 1 aliphatic rings. The molecule has 0 aromatic heterocycles. The number of hydrogen-bond acceptors (Lipinski definition) is 5. The highest BCUT2D eigenvalue weighted by Crippen LogP contribution is 2.33. The minimum Gasteiger partial charge on any atom is -0.860 e. The second kappa shape index (κ2) is 7.08. The van der Waals surface area contributed by atoms with Crippen molar-refractivity contribution in [2.24, 2.45) is 0 Å². The highest BCUT2D eigenvalue weighted by molar-refractivity contribution is 7.88. The van der Waals surface area contributed by atoms with E-state index in [4.69, 9.17) is 21.4 Å². The number of aliphatic hydroxyl groups is 1. The first-order chi connectivity index (χ1) is 9.63. The summed E-state index contributed by atoms with van der Waals surface area (Å²) < 4.78 is 17.2. The Morgan fingerprint density at radius 3 is 2.70 bits per heavy atom. The second-order valence-electron chi connectivity index (χ2n) is 4.22. The van der Waals surface area contributed by atoms with Crippen molar-refractivity contribution < 1.29 is 19.2 Å². The smallest absolute Gasteiger partial charge is 0.134 e. The predicted octanol–water partition coefficient (Wildman–Crippen LogP) is 0.571. The van der Waals surface area contributed by atoms with Crippen molar-refractivity contribution in [3.05, 3.63) is 46.1 Å². The first-order valence-corrected chi connectivity index (χ1v) is 7.78. The summed E-state index contributed by atoms with van der Waals surface area (Å²) in [4.78, 5) is 1.51. The molecule has 0 saturated carbocycles. The van der Waals surface area contributed by atoms with Gasteiger partial charge in [-0.15, -0.1) is 0 Å². The van der Waals surface area contributed by atoms with Crippen LogP contribution < -0.4 is 5.11 Å². The van der Waals surface area contributed by atoms with Crippen LogP contribution in [0.3, 0.4) is 0 Å². The summed E-state index contributed by atoms with van der Waals surface area (Å²) in [6.07, 6.45) is 0.